The van der Waals surface area contributed by atoms with Crippen molar-refractivity contribution in [3.05, 3.63) is 28.8 Å². The van der Waals surface area contributed by atoms with E-state index in [9.17, 15) is 13.2 Å². The van der Waals surface area contributed by atoms with Crippen LogP contribution in [0.15, 0.2) is 17.0 Å². The highest BCUT2D eigenvalue weighted by Gasteiger charge is 2.28. The molecule has 0 aliphatic carbocycles. The highest BCUT2D eigenvalue weighted by molar-refractivity contribution is 8.00. The summed E-state index contributed by atoms with van der Waals surface area (Å²) >= 11 is 1.51. The zero-order chi connectivity index (χ0) is 15.6. The third-order valence-corrected chi connectivity index (χ3v) is 6.66. The summed E-state index contributed by atoms with van der Waals surface area (Å²) in [5.74, 6) is 0.482. The van der Waals surface area contributed by atoms with E-state index in [1.165, 1.54) is 28.5 Å². The first kappa shape index (κ1) is 16.4. The molecule has 116 valence electrons. The maximum atomic E-state index is 11.9. The van der Waals surface area contributed by atoms with Gasteiger partial charge >= 0.3 is 0 Å². The number of hydrogen-bond donors (Lipinski definition) is 1. The third kappa shape index (κ3) is 4.48. The molecule has 1 fully saturated rings. The van der Waals surface area contributed by atoms with Crippen LogP contribution >= 0.6 is 11.8 Å². The van der Waals surface area contributed by atoms with Crippen molar-refractivity contribution in [2.24, 2.45) is 0 Å². The van der Waals surface area contributed by atoms with Gasteiger partial charge in [-0.05, 0) is 38.3 Å². The zero-order valence-electron chi connectivity index (χ0n) is 12.6. The molecular weight excluding hydrogens is 306 g/mol. The molecule has 0 bridgehead atoms. The molecule has 0 radical (unpaired) electrons. The topological polar surface area (TPSA) is 63.2 Å². The van der Waals surface area contributed by atoms with Crippen molar-refractivity contribution in [3.63, 3.8) is 0 Å². The molecule has 6 heteroatoms. The molecule has 0 aromatic heterocycles. The van der Waals surface area contributed by atoms with Crippen molar-refractivity contribution in [1.82, 2.24) is 5.32 Å². The Labute approximate surface area is 130 Å². The predicted molar refractivity (Wildman–Crippen MR) is 86.6 cm³/mol. The molecule has 1 saturated heterocycles. The van der Waals surface area contributed by atoms with Crippen LogP contribution in [-0.4, -0.2) is 37.6 Å². The first-order valence-electron chi connectivity index (χ1n) is 6.97. The van der Waals surface area contributed by atoms with Crippen LogP contribution in [0.25, 0.3) is 0 Å². The summed E-state index contributed by atoms with van der Waals surface area (Å²) in [6.45, 7) is 6.15. The Kier molecular flexibility index (Phi) is 4.99. The van der Waals surface area contributed by atoms with Gasteiger partial charge in [0.15, 0.2) is 9.84 Å². The van der Waals surface area contributed by atoms with E-state index in [1.54, 1.807) is 0 Å². The quantitative estimate of drug-likeness (QED) is 0.859. The Morgan fingerprint density at radius 2 is 1.90 bits per heavy atom. The van der Waals surface area contributed by atoms with Crippen LogP contribution in [0.5, 0.6) is 0 Å². The summed E-state index contributed by atoms with van der Waals surface area (Å²) in [6, 6.07) is 4.00. The molecule has 1 N–H and O–H groups in total. The van der Waals surface area contributed by atoms with E-state index in [1.807, 2.05) is 13.8 Å². The van der Waals surface area contributed by atoms with Crippen LogP contribution in [0.1, 0.15) is 23.1 Å². The number of benzene rings is 1. The zero-order valence-corrected chi connectivity index (χ0v) is 14.2. The molecule has 1 amide bonds. The molecule has 1 atom stereocenters. The highest BCUT2D eigenvalue weighted by Crippen LogP contribution is 2.27. The van der Waals surface area contributed by atoms with E-state index < -0.39 is 9.84 Å². The van der Waals surface area contributed by atoms with Gasteiger partial charge in [-0.3, -0.25) is 4.79 Å². The largest absolute Gasteiger partial charge is 0.352 e. The Morgan fingerprint density at radius 3 is 2.43 bits per heavy atom. The fourth-order valence-corrected chi connectivity index (χ4v) is 5.32. The number of carbonyl (C=O) groups excluding carboxylic acids is 1. The minimum atomic E-state index is -2.95. The van der Waals surface area contributed by atoms with Crippen molar-refractivity contribution in [2.75, 3.05) is 17.3 Å². The van der Waals surface area contributed by atoms with Gasteiger partial charge in [0, 0.05) is 10.9 Å². The molecule has 2 rings (SSSR count). The molecule has 0 spiro atoms. The second-order valence-electron chi connectivity index (χ2n) is 5.68. The van der Waals surface area contributed by atoms with Gasteiger partial charge < -0.3 is 5.32 Å². The standard InChI is InChI=1S/C15H21NO3S2/c1-10-6-11(2)15(12(3)7-10)20-8-14(17)16-13-4-5-21(18,19)9-13/h6-7,13H,4-5,8-9H2,1-3H3,(H,16,17)/t13-/m1/s1. The molecule has 1 heterocycles. The SMILES string of the molecule is Cc1cc(C)c(SCC(=O)N[C@@H]2CCS(=O)(=O)C2)c(C)c1. The molecule has 1 aliphatic rings. The molecule has 0 saturated carbocycles. The van der Waals surface area contributed by atoms with Gasteiger partial charge in [0.25, 0.3) is 0 Å². The lowest BCUT2D eigenvalue weighted by Gasteiger charge is -2.13. The van der Waals surface area contributed by atoms with Gasteiger partial charge in [-0.2, -0.15) is 0 Å². The van der Waals surface area contributed by atoms with E-state index in [-0.39, 0.29) is 23.5 Å². The lowest BCUT2D eigenvalue weighted by molar-refractivity contribution is -0.119. The Balaban J connectivity index is 1.90. The molecular formula is C15H21NO3S2. The molecule has 0 unspecified atom stereocenters. The number of amides is 1. The van der Waals surface area contributed by atoms with E-state index in [0.717, 1.165) is 4.90 Å². The molecule has 1 aromatic rings. The summed E-state index contributed by atoms with van der Waals surface area (Å²) in [7, 11) is -2.95. The predicted octanol–water partition coefficient (Wildman–Crippen LogP) is 2.01. The van der Waals surface area contributed by atoms with Crippen molar-refractivity contribution in [2.45, 2.75) is 38.1 Å². The minimum Gasteiger partial charge on any atom is -0.352 e. The van der Waals surface area contributed by atoms with E-state index in [4.69, 9.17) is 0 Å². The normalized spacial score (nSPS) is 20.4. The second-order valence-corrected chi connectivity index (χ2v) is 8.90. The molecule has 1 aliphatic heterocycles. The van der Waals surface area contributed by atoms with Crippen molar-refractivity contribution in [1.29, 1.82) is 0 Å². The number of sulfone groups is 1. The van der Waals surface area contributed by atoms with Gasteiger partial charge in [-0.25, -0.2) is 8.42 Å². The van der Waals surface area contributed by atoms with E-state index in [2.05, 4.69) is 24.4 Å². The monoisotopic (exact) mass is 327 g/mol. The number of hydrogen-bond acceptors (Lipinski definition) is 4. The number of carbonyl (C=O) groups is 1. The van der Waals surface area contributed by atoms with Crippen molar-refractivity contribution >= 4 is 27.5 Å². The molecule has 21 heavy (non-hydrogen) atoms. The highest BCUT2D eigenvalue weighted by atomic mass is 32.2. The summed E-state index contributed by atoms with van der Waals surface area (Å²) < 4.78 is 22.7. The smallest absolute Gasteiger partial charge is 0.230 e. The van der Waals surface area contributed by atoms with Crippen LogP contribution in [0.4, 0.5) is 0 Å². The van der Waals surface area contributed by atoms with Gasteiger partial charge in [0.2, 0.25) is 5.91 Å². The summed E-state index contributed by atoms with van der Waals surface area (Å²) in [4.78, 5) is 13.1. The van der Waals surface area contributed by atoms with Gasteiger partial charge in [0.05, 0.1) is 17.3 Å². The van der Waals surface area contributed by atoms with Crippen molar-refractivity contribution in [3.8, 4) is 0 Å². The Morgan fingerprint density at radius 1 is 1.29 bits per heavy atom. The maximum absolute atomic E-state index is 11.9. The summed E-state index contributed by atoms with van der Waals surface area (Å²) in [5.41, 5.74) is 3.57. The first-order valence-corrected chi connectivity index (χ1v) is 9.78. The number of aryl methyl sites for hydroxylation is 3. The molecule has 1 aromatic carbocycles. The fraction of sp³-hybridized carbons (Fsp3) is 0.533. The fourth-order valence-electron chi connectivity index (χ4n) is 2.71. The number of nitrogens with one attached hydrogen (secondary N) is 1. The van der Waals surface area contributed by atoms with Crippen LogP contribution in [0.3, 0.4) is 0 Å². The van der Waals surface area contributed by atoms with Crippen LogP contribution in [-0.2, 0) is 14.6 Å². The second kappa shape index (κ2) is 6.40. The Bertz CT molecular complexity index is 630. The van der Waals surface area contributed by atoms with Crippen LogP contribution in [0.2, 0.25) is 0 Å². The van der Waals surface area contributed by atoms with E-state index in [0.29, 0.717) is 12.2 Å². The average Bonchev–Trinajstić information content (AvgIpc) is 2.67. The van der Waals surface area contributed by atoms with Gasteiger partial charge in [0.1, 0.15) is 0 Å². The average molecular weight is 327 g/mol. The van der Waals surface area contributed by atoms with Crippen LogP contribution < -0.4 is 5.32 Å². The van der Waals surface area contributed by atoms with Gasteiger partial charge in [-0.1, -0.05) is 17.7 Å². The summed E-state index contributed by atoms with van der Waals surface area (Å²) in [6.07, 6.45) is 0.529. The van der Waals surface area contributed by atoms with E-state index >= 15 is 0 Å². The minimum absolute atomic E-state index is 0.0754. The van der Waals surface area contributed by atoms with Crippen LogP contribution in [0, 0.1) is 20.8 Å². The lowest BCUT2D eigenvalue weighted by atomic mass is 10.1. The maximum Gasteiger partial charge on any atom is 0.230 e. The summed E-state index contributed by atoms with van der Waals surface area (Å²) in [5, 5.41) is 2.82. The molecule has 4 nitrogen and oxygen atoms in total. The lowest BCUT2D eigenvalue weighted by Crippen LogP contribution is -2.36. The number of thioether (sulfide) groups is 1. The first-order chi connectivity index (χ1) is 9.77. The Hall–Kier alpha value is -1.01. The van der Waals surface area contributed by atoms with Crippen molar-refractivity contribution < 1.29 is 13.2 Å². The van der Waals surface area contributed by atoms with Gasteiger partial charge in [-0.15, -0.1) is 11.8 Å². The third-order valence-electron chi connectivity index (χ3n) is 3.55. The number of rotatable bonds is 4.